The molecule has 15 heavy (non-hydrogen) atoms. The van der Waals surface area contributed by atoms with Crippen molar-refractivity contribution in [1.29, 1.82) is 5.26 Å². The fourth-order valence-electron chi connectivity index (χ4n) is 1.07. The minimum atomic E-state index is -0.525. The molecule has 5 heteroatoms. The van der Waals surface area contributed by atoms with Gasteiger partial charge in [0.25, 0.3) is 5.69 Å². The maximum absolute atomic E-state index is 10.7. The fraction of sp³-hybridized carbons (Fsp3) is 0.100. The van der Waals surface area contributed by atoms with E-state index in [2.05, 4.69) is 0 Å². The molecule has 0 aliphatic heterocycles. The van der Waals surface area contributed by atoms with Crippen LogP contribution >= 0.6 is 11.6 Å². The van der Waals surface area contributed by atoms with Gasteiger partial charge in [-0.15, -0.1) is 0 Å². The molecule has 1 aromatic carbocycles. The van der Waals surface area contributed by atoms with Crippen molar-refractivity contribution in [3.05, 3.63) is 45.5 Å². The summed E-state index contributed by atoms with van der Waals surface area (Å²) in [5.74, 6) is 0. The van der Waals surface area contributed by atoms with Gasteiger partial charge in [-0.3, -0.25) is 10.1 Å². The highest BCUT2D eigenvalue weighted by molar-refractivity contribution is 6.50. The summed E-state index contributed by atoms with van der Waals surface area (Å²) in [6.45, 7) is 1.51. The summed E-state index contributed by atoms with van der Waals surface area (Å²) in [6, 6.07) is 7.90. The first-order valence-electron chi connectivity index (χ1n) is 4.08. The van der Waals surface area contributed by atoms with Crippen LogP contribution in [0.5, 0.6) is 0 Å². The Hall–Kier alpha value is -1.86. The molecular formula is C10H7ClN2O2. The van der Waals surface area contributed by atoms with Crippen molar-refractivity contribution in [2.75, 3.05) is 0 Å². The summed E-state index contributed by atoms with van der Waals surface area (Å²) in [6.07, 6.45) is 0. The molecule has 0 aliphatic carbocycles. The first kappa shape index (κ1) is 11.2. The van der Waals surface area contributed by atoms with E-state index in [-0.39, 0.29) is 21.9 Å². The van der Waals surface area contributed by atoms with Gasteiger partial charge in [0.15, 0.2) is 0 Å². The molecule has 0 aliphatic rings. The molecule has 0 saturated heterocycles. The molecule has 0 amide bonds. The van der Waals surface area contributed by atoms with Crippen LogP contribution in [-0.4, -0.2) is 4.92 Å². The molecule has 0 spiro atoms. The van der Waals surface area contributed by atoms with Crippen LogP contribution in [0.1, 0.15) is 12.5 Å². The van der Waals surface area contributed by atoms with Crippen molar-refractivity contribution in [3.8, 4) is 6.07 Å². The second kappa shape index (κ2) is 4.58. The quantitative estimate of drug-likeness (QED) is 0.439. The number of nitro groups is 1. The summed E-state index contributed by atoms with van der Waals surface area (Å²) in [5.41, 5.74) is 0.422. The molecule has 0 bridgehead atoms. The SMILES string of the molecule is CC(C#N)=C(Cl)c1ccccc1[N+](=O)[O-]. The summed E-state index contributed by atoms with van der Waals surface area (Å²) in [5, 5.41) is 19.4. The van der Waals surface area contributed by atoms with Crippen LogP contribution < -0.4 is 0 Å². The largest absolute Gasteiger partial charge is 0.278 e. The maximum Gasteiger partial charge on any atom is 0.278 e. The lowest BCUT2D eigenvalue weighted by Gasteiger charge is -2.01. The number of benzene rings is 1. The van der Waals surface area contributed by atoms with Crippen LogP contribution in [0.2, 0.25) is 0 Å². The van der Waals surface area contributed by atoms with Gasteiger partial charge in [-0.1, -0.05) is 23.7 Å². The first-order valence-corrected chi connectivity index (χ1v) is 4.46. The number of nitriles is 1. The van der Waals surface area contributed by atoms with E-state index in [9.17, 15) is 10.1 Å². The van der Waals surface area contributed by atoms with Crippen molar-refractivity contribution in [2.45, 2.75) is 6.92 Å². The molecule has 1 aromatic rings. The predicted molar refractivity (Wildman–Crippen MR) is 57.2 cm³/mol. The van der Waals surface area contributed by atoms with Crippen LogP contribution in [0, 0.1) is 21.4 Å². The molecule has 0 atom stereocenters. The Morgan fingerprint density at radius 2 is 2.13 bits per heavy atom. The normalized spacial score (nSPS) is 11.5. The molecule has 0 radical (unpaired) electrons. The minimum absolute atomic E-state index is 0.0999. The fourth-order valence-corrected chi connectivity index (χ4v) is 1.27. The second-order valence-corrected chi connectivity index (χ2v) is 3.20. The third kappa shape index (κ3) is 2.33. The van der Waals surface area contributed by atoms with Crippen LogP contribution in [-0.2, 0) is 0 Å². The van der Waals surface area contributed by atoms with Crippen LogP contribution in [0.25, 0.3) is 5.03 Å². The van der Waals surface area contributed by atoms with Crippen molar-refractivity contribution in [2.24, 2.45) is 0 Å². The third-order valence-electron chi connectivity index (χ3n) is 1.83. The van der Waals surface area contributed by atoms with Crippen LogP contribution in [0.15, 0.2) is 29.8 Å². The molecule has 0 N–H and O–H groups in total. The lowest BCUT2D eigenvalue weighted by atomic mass is 10.1. The number of para-hydroxylation sites is 1. The molecule has 0 aromatic heterocycles. The van der Waals surface area contributed by atoms with E-state index in [0.29, 0.717) is 0 Å². The molecule has 1 rings (SSSR count). The molecule has 0 saturated carbocycles. The Morgan fingerprint density at radius 1 is 1.53 bits per heavy atom. The lowest BCUT2D eigenvalue weighted by molar-refractivity contribution is -0.385. The summed E-state index contributed by atoms with van der Waals surface area (Å²) < 4.78 is 0. The van der Waals surface area contributed by atoms with Gasteiger partial charge < -0.3 is 0 Å². The van der Waals surface area contributed by atoms with Gasteiger partial charge >= 0.3 is 0 Å². The van der Waals surface area contributed by atoms with Crippen LogP contribution in [0.3, 0.4) is 0 Å². The zero-order valence-electron chi connectivity index (χ0n) is 7.90. The number of allylic oxidation sites excluding steroid dienone is 1. The summed E-state index contributed by atoms with van der Waals surface area (Å²) in [4.78, 5) is 10.2. The molecule has 0 heterocycles. The Kier molecular flexibility index (Phi) is 3.42. The summed E-state index contributed by atoms with van der Waals surface area (Å²) in [7, 11) is 0. The number of hydrogen-bond acceptors (Lipinski definition) is 3. The lowest BCUT2D eigenvalue weighted by Crippen LogP contribution is -1.93. The van der Waals surface area contributed by atoms with Gasteiger partial charge in [0.2, 0.25) is 0 Å². The van der Waals surface area contributed by atoms with Gasteiger partial charge in [0, 0.05) is 11.6 Å². The standard InChI is InChI=1S/C10H7ClN2O2/c1-7(6-12)10(11)8-4-2-3-5-9(8)13(14)15/h2-5H,1H3. The van der Waals surface area contributed by atoms with Crippen molar-refractivity contribution in [1.82, 2.24) is 0 Å². The average molecular weight is 223 g/mol. The minimum Gasteiger partial charge on any atom is -0.258 e. The molecule has 0 fully saturated rings. The first-order chi connectivity index (χ1) is 7.07. The Bertz CT molecular complexity index is 475. The molecule has 76 valence electrons. The van der Waals surface area contributed by atoms with E-state index in [1.54, 1.807) is 12.1 Å². The van der Waals surface area contributed by atoms with E-state index < -0.39 is 4.92 Å². The molecule has 4 nitrogen and oxygen atoms in total. The van der Waals surface area contributed by atoms with E-state index in [1.807, 2.05) is 6.07 Å². The van der Waals surface area contributed by atoms with Gasteiger partial charge in [-0.25, -0.2) is 0 Å². The summed E-state index contributed by atoms with van der Waals surface area (Å²) >= 11 is 5.86. The zero-order valence-corrected chi connectivity index (χ0v) is 8.65. The van der Waals surface area contributed by atoms with E-state index in [0.717, 1.165) is 0 Å². The van der Waals surface area contributed by atoms with E-state index in [1.165, 1.54) is 19.1 Å². The highest BCUT2D eigenvalue weighted by Gasteiger charge is 2.16. The topological polar surface area (TPSA) is 66.9 Å². The van der Waals surface area contributed by atoms with E-state index in [4.69, 9.17) is 16.9 Å². The number of hydrogen-bond donors (Lipinski definition) is 0. The van der Waals surface area contributed by atoms with Crippen LogP contribution in [0.4, 0.5) is 5.69 Å². The van der Waals surface area contributed by atoms with Crippen molar-refractivity contribution >= 4 is 22.3 Å². The van der Waals surface area contributed by atoms with Gasteiger partial charge in [-0.05, 0) is 13.0 Å². The Balaban J connectivity index is 3.40. The predicted octanol–water partition coefficient (Wildman–Crippen LogP) is 3.09. The number of nitro benzene ring substituents is 1. The number of halogens is 1. The average Bonchev–Trinajstić information content (AvgIpc) is 2.27. The maximum atomic E-state index is 10.7. The highest BCUT2D eigenvalue weighted by atomic mass is 35.5. The Morgan fingerprint density at radius 3 is 2.67 bits per heavy atom. The third-order valence-corrected chi connectivity index (χ3v) is 2.32. The smallest absolute Gasteiger partial charge is 0.258 e. The Labute approximate surface area is 91.6 Å². The van der Waals surface area contributed by atoms with E-state index >= 15 is 0 Å². The van der Waals surface area contributed by atoms with Crippen molar-refractivity contribution in [3.63, 3.8) is 0 Å². The number of rotatable bonds is 2. The zero-order chi connectivity index (χ0) is 11.4. The van der Waals surface area contributed by atoms with Crippen molar-refractivity contribution < 1.29 is 4.92 Å². The second-order valence-electron chi connectivity index (χ2n) is 2.83. The van der Waals surface area contributed by atoms with Gasteiger partial charge in [0.1, 0.15) is 0 Å². The van der Waals surface area contributed by atoms with Gasteiger partial charge in [-0.2, -0.15) is 5.26 Å². The van der Waals surface area contributed by atoms with Gasteiger partial charge in [0.05, 0.1) is 21.6 Å². The highest BCUT2D eigenvalue weighted by Crippen LogP contribution is 2.30. The number of nitrogens with zero attached hydrogens (tertiary/aromatic N) is 2. The monoisotopic (exact) mass is 222 g/mol. The molecule has 0 unspecified atom stereocenters. The molecular weight excluding hydrogens is 216 g/mol.